The highest BCUT2D eigenvalue weighted by atomic mass is 16.5. The van der Waals surface area contributed by atoms with Crippen molar-refractivity contribution < 1.29 is 9.53 Å². The van der Waals surface area contributed by atoms with Gasteiger partial charge in [0.15, 0.2) is 0 Å². The molecule has 1 aromatic heterocycles. The standard InChI is InChI=1S/C17H20N2O2/c1-11-16-13(12-5-2-3-6-14(12)18-16)8-9-19(11)17(20)15-7-4-10-21-15/h2-3,5-6,11,15,18H,4,7-10H2,1H3/t11-,15-/m0/s1. The van der Waals surface area contributed by atoms with Gasteiger partial charge in [-0.1, -0.05) is 18.2 Å². The van der Waals surface area contributed by atoms with Crippen LogP contribution in [0.4, 0.5) is 0 Å². The maximum atomic E-state index is 12.6. The second-order valence-electron chi connectivity index (χ2n) is 6.02. The fourth-order valence-corrected chi connectivity index (χ4v) is 3.69. The largest absolute Gasteiger partial charge is 0.368 e. The number of para-hydroxylation sites is 1. The number of aromatic amines is 1. The Hall–Kier alpha value is -1.81. The van der Waals surface area contributed by atoms with Crippen LogP contribution in [0.25, 0.3) is 10.9 Å². The van der Waals surface area contributed by atoms with E-state index in [1.807, 2.05) is 11.0 Å². The smallest absolute Gasteiger partial charge is 0.252 e. The first kappa shape index (κ1) is 12.9. The minimum Gasteiger partial charge on any atom is -0.368 e. The predicted octanol–water partition coefficient (Wildman–Crippen LogP) is 2.79. The molecule has 3 heterocycles. The zero-order chi connectivity index (χ0) is 14.4. The first-order valence-corrected chi connectivity index (χ1v) is 7.77. The summed E-state index contributed by atoms with van der Waals surface area (Å²) in [6, 6.07) is 8.48. The first-order chi connectivity index (χ1) is 10.3. The summed E-state index contributed by atoms with van der Waals surface area (Å²) in [4.78, 5) is 18.1. The highest BCUT2D eigenvalue weighted by molar-refractivity contribution is 5.87. The molecule has 2 aliphatic rings. The molecular formula is C17H20N2O2. The van der Waals surface area contributed by atoms with Crippen LogP contribution in [0.3, 0.4) is 0 Å². The maximum Gasteiger partial charge on any atom is 0.252 e. The molecule has 1 aromatic carbocycles. The molecule has 21 heavy (non-hydrogen) atoms. The predicted molar refractivity (Wildman–Crippen MR) is 81.1 cm³/mol. The number of ether oxygens (including phenoxy) is 1. The summed E-state index contributed by atoms with van der Waals surface area (Å²) in [6.07, 6.45) is 2.55. The third kappa shape index (κ3) is 1.97. The number of nitrogens with zero attached hydrogens (tertiary/aromatic N) is 1. The zero-order valence-corrected chi connectivity index (χ0v) is 12.3. The number of rotatable bonds is 1. The Kier molecular flexibility index (Phi) is 3.00. The first-order valence-electron chi connectivity index (χ1n) is 7.77. The van der Waals surface area contributed by atoms with Crippen molar-refractivity contribution in [1.82, 2.24) is 9.88 Å². The molecule has 1 N–H and O–H groups in total. The van der Waals surface area contributed by atoms with E-state index in [-0.39, 0.29) is 18.1 Å². The molecular weight excluding hydrogens is 264 g/mol. The van der Waals surface area contributed by atoms with Gasteiger partial charge in [-0.15, -0.1) is 0 Å². The lowest BCUT2D eigenvalue weighted by Crippen LogP contribution is -2.44. The van der Waals surface area contributed by atoms with Crippen LogP contribution in [0.5, 0.6) is 0 Å². The number of nitrogens with one attached hydrogen (secondary N) is 1. The van der Waals surface area contributed by atoms with Gasteiger partial charge in [-0.3, -0.25) is 4.79 Å². The van der Waals surface area contributed by atoms with Crippen LogP contribution in [-0.4, -0.2) is 35.0 Å². The number of hydrogen-bond acceptors (Lipinski definition) is 2. The Morgan fingerprint density at radius 1 is 1.38 bits per heavy atom. The number of carbonyl (C=O) groups is 1. The third-order valence-electron chi connectivity index (χ3n) is 4.82. The highest BCUT2D eigenvalue weighted by Gasteiger charge is 2.35. The lowest BCUT2D eigenvalue weighted by atomic mass is 9.97. The molecule has 2 aromatic rings. The molecule has 1 fully saturated rings. The van der Waals surface area contributed by atoms with Crippen LogP contribution in [0.1, 0.15) is 37.1 Å². The molecule has 2 atom stereocenters. The van der Waals surface area contributed by atoms with Crippen molar-refractivity contribution in [2.75, 3.05) is 13.2 Å². The quantitative estimate of drug-likeness (QED) is 0.875. The average Bonchev–Trinajstić information content (AvgIpc) is 3.15. The second kappa shape index (κ2) is 4.88. The van der Waals surface area contributed by atoms with Crippen LogP contribution in [0.2, 0.25) is 0 Å². The fraction of sp³-hybridized carbons (Fsp3) is 0.471. The van der Waals surface area contributed by atoms with Crippen LogP contribution >= 0.6 is 0 Å². The van der Waals surface area contributed by atoms with Crippen molar-refractivity contribution in [1.29, 1.82) is 0 Å². The van der Waals surface area contributed by atoms with Gasteiger partial charge in [-0.25, -0.2) is 0 Å². The SMILES string of the molecule is C[C@H]1c2[nH]c3ccccc3c2CCN1C(=O)[C@@H]1CCCO1. The van der Waals surface area contributed by atoms with Crippen molar-refractivity contribution in [2.45, 2.75) is 38.3 Å². The van der Waals surface area contributed by atoms with Gasteiger partial charge >= 0.3 is 0 Å². The normalized spacial score (nSPS) is 25.3. The van der Waals surface area contributed by atoms with Crippen molar-refractivity contribution >= 4 is 16.8 Å². The molecule has 0 saturated carbocycles. The van der Waals surface area contributed by atoms with E-state index >= 15 is 0 Å². The number of aromatic nitrogens is 1. The monoisotopic (exact) mass is 284 g/mol. The van der Waals surface area contributed by atoms with Crippen LogP contribution in [0, 0.1) is 0 Å². The van der Waals surface area contributed by atoms with E-state index < -0.39 is 0 Å². The lowest BCUT2D eigenvalue weighted by Gasteiger charge is -2.35. The van der Waals surface area contributed by atoms with Crippen molar-refractivity contribution in [3.63, 3.8) is 0 Å². The maximum absolute atomic E-state index is 12.6. The average molecular weight is 284 g/mol. The minimum atomic E-state index is -0.224. The van der Waals surface area contributed by atoms with Crippen LogP contribution < -0.4 is 0 Å². The summed E-state index contributed by atoms with van der Waals surface area (Å²) in [7, 11) is 0. The molecule has 4 heteroatoms. The molecule has 0 radical (unpaired) electrons. The van der Waals surface area contributed by atoms with Crippen molar-refractivity contribution in [3.05, 3.63) is 35.5 Å². The van der Waals surface area contributed by atoms with Gasteiger partial charge in [0.25, 0.3) is 5.91 Å². The molecule has 0 bridgehead atoms. The lowest BCUT2D eigenvalue weighted by molar-refractivity contribution is -0.143. The second-order valence-corrected chi connectivity index (χ2v) is 6.02. The number of hydrogen-bond donors (Lipinski definition) is 1. The van der Waals surface area contributed by atoms with E-state index in [0.717, 1.165) is 32.4 Å². The molecule has 0 aliphatic carbocycles. The summed E-state index contributed by atoms with van der Waals surface area (Å²) >= 11 is 0. The summed E-state index contributed by atoms with van der Waals surface area (Å²) in [5.74, 6) is 0.157. The summed E-state index contributed by atoms with van der Waals surface area (Å²) in [5, 5.41) is 1.29. The summed E-state index contributed by atoms with van der Waals surface area (Å²) < 4.78 is 5.56. The van der Waals surface area contributed by atoms with Crippen molar-refractivity contribution in [3.8, 4) is 0 Å². The fourth-order valence-electron chi connectivity index (χ4n) is 3.69. The summed E-state index contributed by atoms with van der Waals surface area (Å²) in [6.45, 7) is 3.62. The number of carbonyl (C=O) groups excluding carboxylic acids is 1. The van der Waals surface area contributed by atoms with Gasteiger partial charge in [-0.2, -0.15) is 0 Å². The molecule has 0 unspecified atom stereocenters. The molecule has 1 saturated heterocycles. The third-order valence-corrected chi connectivity index (χ3v) is 4.82. The van der Waals surface area contributed by atoms with Gasteiger partial charge in [0.05, 0.1) is 6.04 Å². The van der Waals surface area contributed by atoms with E-state index in [2.05, 4.69) is 30.1 Å². The molecule has 2 aliphatic heterocycles. The highest BCUT2D eigenvalue weighted by Crippen LogP contribution is 2.35. The number of amides is 1. The number of H-pyrrole nitrogens is 1. The Labute approximate surface area is 124 Å². The van der Waals surface area contributed by atoms with Gasteiger partial charge in [-0.05, 0) is 37.8 Å². The Morgan fingerprint density at radius 2 is 2.24 bits per heavy atom. The number of benzene rings is 1. The van der Waals surface area contributed by atoms with Crippen molar-refractivity contribution in [2.24, 2.45) is 0 Å². The molecule has 4 rings (SSSR count). The summed E-state index contributed by atoms with van der Waals surface area (Å²) in [5.41, 5.74) is 3.73. The van der Waals surface area contributed by atoms with E-state index in [4.69, 9.17) is 4.74 Å². The minimum absolute atomic E-state index is 0.0952. The van der Waals surface area contributed by atoms with Gasteiger partial charge in [0.2, 0.25) is 0 Å². The Balaban J connectivity index is 1.68. The van der Waals surface area contributed by atoms with E-state index in [9.17, 15) is 4.79 Å². The van der Waals surface area contributed by atoms with Gasteiger partial charge in [0, 0.05) is 29.7 Å². The number of fused-ring (bicyclic) bond motifs is 3. The Morgan fingerprint density at radius 3 is 3.05 bits per heavy atom. The van der Waals surface area contributed by atoms with E-state index in [1.165, 1.54) is 22.2 Å². The van der Waals surface area contributed by atoms with Crippen LogP contribution in [-0.2, 0) is 16.0 Å². The molecule has 0 spiro atoms. The molecule has 4 nitrogen and oxygen atoms in total. The molecule has 110 valence electrons. The van der Waals surface area contributed by atoms with Gasteiger partial charge < -0.3 is 14.6 Å². The molecule has 1 amide bonds. The Bertz CT molecular complexity index is 685. The van der Waals surface area contributed by atoms with E-state index in [0.29, 0.717) is 0 Å². The van der Waals surface area contributed by atoms with E-state index in [1.54, 1.807) is 0 Å². The van der Waals surface area contributed by atoms with Gasteiger partial charge in [0.1, 0.15) is 6.10 Å². The van der Waals surface area contributed by atoms with Crippen LogP contribution in [0.15, 0.2) is 24.3 Å². The zero-order valence-electron chi connectivity index (χ0n) is 12.3. The topological polar surface area (TPSA) is 45.3 Å².